The maximum Gasteiger partial charge on any atom is 0.238 e. The summed E-state index contributed by atoms with van der Waals surface area (Å²) < 4.78 is 18.9. The van der Waals surface area contributed by atoms with Gasteiger partial charge in [-0.05, 0) is 29.7 Å². The van der Waals surface area contributed by atoms with Gasteiger partial charge in [0.25, 0.3) is 0 Å². The van der Waals surface area contributed by atoms with Crippen LogP contribution in [0.15, 0.2) is 42.5 Å². The third kappa shape index (κ3) is 4.29. The molecule has 2 aromatic carbocycles. The van der Waals surface area contributed by atoms with Crippen molar-refractivity contribution in [3.8, 4) is 5.75 Å². The van der Waals surface area contributed by atoms with Crippen molar-refractivity contribution >= 4 is 5.91 Å². The van der Waals surface area contributed by atoms with E-state index >= 15 is 0 Å². The first kappa shape index (κ1) is 15.0. The molecule has 2 rings (SSSR count). The van der Waals surface area contributed by atoms with Crippen molar-refractivity contribution in [3.63, 3.8) is 0 Å². The van der Waals surface area contributed by atoms with Crippen LogP contribution >= 0.6 is 0 Å². The molecule has 0 saturated heterocycles. The van der Waals surface area contributed by atoms with E-state index in [1.54, 1.807) is 19.1 Å². The van der Waals surface area contributed by atoms with Crippen LogP contribution in [0.4, 0.5) is 4.39 Å². The zero-order valence-corrected chi connectivity index (χ0v) is 11.7. The Morgan fingerprint density at radius 2 is 1.86 bits per heavy atom. The number of hydrazine groups is 1. The Balaban J connectivity index is 1.94. The number of rotatable bonds is 5. The third-order valence-electron chi connectivity index (χ3n) is 3.10. The molecular weight excluding hydrogens is 271 g/mol. The van der Waals surface area contributed by atoms with E-state index in [0.29, 0.717) is 17.9 Å². The molecule has 21 heavy (non-hydrogen) atoms. The van der Waals surface area contributed by atoms with Crippen LogP contribution in [0.5, 0.6) is 5.75 Å². The van der Waals surface area contributed by atoms with E-state index in [-0.39, 0.29) is 18.1 Å². The van der Waals surface area contributed by atoms with Crippen LogP contribution in [0.1, 0.15) is 16.7 Å². The molecule has 0 fully saturated rings. The smallest absolute Gasteiger partial charge is 0.238 e. The molecular formula is C16H17FN2O2. The molecule has 0 spiro atoms. The minimum absolute atomic E-state index is 0.237. The average Bonchev–Trinajstić information content (AvgIpc) is 2.50. The zero-order valence-electron chi connectivity index (χ0n) is 11.7. The molecule has 1 amide bonds. The van der Waals surface area contributed by atoms with Crippen LogP contribution in [0.25, 0.3) is 0 Å². The number of ether oxygens (including phenoxy) is 1. The third-order valence-corrected chi connectivity index (χ3v) is 3.10. The van der Waals surface area contributed by atoms with Crippen molar-refractivity contribution in [1.29, 1.82) is 0 Å². The first-order valence-electron chi connectivity index (χ1n) is 6.54. The number of nitrogens with two attached hydrogens (primary N) is 1. The Morgan fingerprint density at radius 1 is 1.19 bits per heavy atom. The minimum atomic E-state index is -0.282. The van der Waals surface area contributed by atoms with Crippen molar-refractivity contribution in [3.05, 3.63) is 65.0 Å². The van der Waals surface area contributed by atoms with Crippen LogP contribution < -0.4 is 16.0 Å². The van der Waals surface area contributed by atoms with Crippen LogP contribution in [0.3, 0.4) is 0 Å². The maximum absolute atomic E-state index is 13.4. The topological polar surface area (TPSA) is 64.3 Å². The highest BCUT2D eigenvalue weighted by Crippen LogP contribution is 2.17. The molecule has 0 unspecified atom stereocenters. The second-order valence-electron chi connectivity index (χ2n) is 4.76. The van der Waals surface area contributed by atoms with Crippen molar-refractivity contribution in [2.24, 2.45) is 5.84 Å². The van der Waals surface area contributed by atoms with Crippen molar-refractivity contribution in [1.82, 2.24) is 5.43 Å². The summed E-state index contributed by atoms with van der Waals surface area (Å²) in [6.07, 6.45) is 0.237. The van der Waals surface area contributed by atoms with Gasteiger partial charge in [-0.1, -0.05) is 30.3 Å². The molecule has 0 aromatic heterocycles. The molecule has 0 radical (unpaired) electrons. The summed E-state index contributed by atoms with van der Waals surface area (Å²) in [5.74, 6) is 5.00. The van der Waals surface area contributed by atoms with Gasteiger partial charge in [0.05, 0.1) is 6.42 Å². The molecule has 0 aliphatic rings. The first-order chi connectivity index (χ1) is 10.1. The second kappa shape index (κ2) is 6.85. The van der Waals surface area contributed by atoms with Crippen LogP contribution in [0.2, 0.25) is 0 Å². The molecule has 0 aliphatic heterocycles. The number of benzene rings is 2. The number of amides is 1. The largest absolute Gasteiger partial charge is 0.489 e. The van der Waals surface area contributed by atoms with Crippen molar-refractivity contribution in [2.45, 2.75) is 20.0 Å². The predicted octanol–water partition coefficient (Wildman–Crippen LogP) is 2.25. The Kier molecular flexibility index (Phi) is 4.90. The lowest BCUT2D eigenvalue weighted by Gasteiger charge is -2.08. The average molecular weight is 288 g/mol. The summed E-state index contributed by atoms with van der Waals surface area (Å²) >= 11 is 0. The van der Waals surface area contributed by atoms with Gasteiger partial charge in [0.2, 0.25) is 5.91 Å². The molecule has 0 aliphatic carbocycles. The Labute approximate surface area is 122 Å². The zero-order chi connectivity index (χ0) is 15.2. The molecule has 0 saturated carbocycles. The van der Waals surface area contributed by atoms with Crippen LogP contribution in [0, 0.1) is 12.7 Å². The lowest BCUT2D eigenvalue weighted by atomic mass is 10.1. The number of aryl methyl sites for hydroxylation is 1. The fourth-order valence-electron chi connectivity index (χ4n) is 1.82. The van der Waals surface area contributed by atoms with Crippen molar-refractivity contribution in [2.75, 3.05) is 0 Å². The lowest BCUT2D eigenvalue weighted by Crippen LogP contribution is -2.31. The molecule has 4 nitrogen and oxygen atoms in total. The maximum atomic E-state index is 13.4. The summed E-state index contributed by atoms with van der Waals surface area (Å²) in [5.41, 5.74) is 4.48. The minimum Gasteiger partial charge on any atom is -0.489 e. The molecule has 0 heterocycles. The van der Waals surface area contributed by atoms with Crippen LogP contribution in [-0.2, 0) is 17.8 Å². The van der Waals surface area contributed by atoms with Gasteiger partial charge >= 0.3 is 0 Å². The SMILES string of the molecule is Cc1ccc(OCc2ccc(CC(=O)NN)cc2)cc1F. The van der Waals surface area contributed by atoms with Crippen LogP contribution in [-0.4, -0.2) is 5.91 Å². The van der Waals surface area contributed by atoms with E-state index < -0.39 is 0 Å². The Hall–Kier alpha value is -2.40. The highest BCUT2D eigenvalue weighted by atomic mass is 19.1. The van der Waals surface area contributed by atoms with Gasteiger partial charge in [-0.15, -0.1) is 0 Å². The fraction of sp³-hybridized carbons (Fsp3) is 0.188. The van der Waals surface area contributed by atoms with E-state index in [2.05, 4.69) is 5.43 Å². The van der Waals surface area contributed by atoms with E-state index in [9.17, 15) is 9.18 Å². The van der Waals surface area contributed by atoms with Gasteiger partial charge in [-0.2, -0.15) is 0 Å². The summed E-state index contributed by atoms with van der Waals surface area (Å²) in [6.45, 7) is 2.04. The van der Waals surface area contributed by atoms with Gasteiger partial charge in [-0.25, -0.2) is 10.2 Å². The summed E-state index contributed by atoms with van der Waals surface area (Å²) in [4.78, 5) is 11.1. The molecule has 110 valence electrons. The Bertz CT molecular complexity index is 627. The normalized spacial score (nSPS) is 10.2. The van der Waals surface area contributed by atoms with E-state index in [1.165, 1.54) is 6.07 Å². The highest BCUT2D eigenvalue weighted by Gasteiger charge is 2.03. The number of nitrogens with one attached hydrogen (secondary N) is 1. The molecule has 0 atom stereocenters. The first-order valence-corrected chi connectivity index (χ1v) is 6.54. The monoisotopic (exact) mass is 288 g/mol. The van der Waals surface area contributed by atoms with E-state index in [0.717, 1.165) is 11.1 Å². The summed E-state index contributed by atoms with van der Waals surface area (Å²) in [7, 11) is 0. The quantitative estimate of drug-likeness (QED) is 0.504. The molecule has 3 N–H and O–H groups in total. The van der Waals surface area contributed by atoms with E-state index in [1.807, 2.05) is 24.3 Å². The number of carbonyl (C=O) groups is 1. The summed E-state index contributed by atoms with van der Waals surface area (Å²) in [5, 5.41) is 0. The van der Waals surface area contributed by atoms with Gasteiger partial charge in [0.1, 0.15) is 18.2 Å². The molecule has 5 heteroatoms. The van der Waals surface area contributed by atoms with Gasteiger partial charge in [0, 0.05) is 6.07 Å². The predicted molar refractivity (Wildman–Crippen MR) is 77.9 cm³/mol. The fourth-order valence-corrected chi connectivity index (χ4v) is 1.82. The Morgan fingerprint density at radius 3 is 2.48 bits per heavy atom. The van der Waals surface area contributed by atoms with E-state index in [4.69, 9.17) is 10.6 Å². The number of hydrogen-bond acceptors (Lipinski definition) is 3. The lowest BCUT2D eigenvalue weighted by molar-refractivity contribution is -0.120. The molecule has 2 aromatic rings. The summed E-state index contributed by atoms with van der Waals surface area (Å²) in [6, 6.07) is 12.2. The number of carbonyl (C=O) groups excluding carboxylic acids is 1. The number of halogens is 1. The molecule has 0 bridgehead atoms. The van der Waals surface area contributed by atoms with Gasteiger partial charge in [0.15, 0.2) is 0 Å². The van der Waals surface area contributed by atoms with Crippen molar-refractivity contribution < 1.29 is 13.9 Å². The van der Waals surface area contributed by atoms with Gasteiger partial charge < -0.3 is 4.74 Å². The second-order valence-corrected chi connectivity index (χ2v) is 4.76. The highest BCUT2D eigenvalue weighted by molar-refractivity contribution is 5.77. The number of hydrogen-bond donors (Lipinski definition) is 2. The van der Waals surface area contributed by atoms with Gasteiger partial charge in [-0.3, -0.25) is 10.2 Å². The standard InChI is InChI=1S/C16H17FN2O2/c1-11-2-7-14(9-15(11)17)21-10-13-5-3-12(4-6-13)8-16(20)19-18/h2-7,9H,8,10,18H2,1H3,(H,19,20).